The lowest BCUT2D eigenvalue weighted by Crippen LogP contribution is -2.31. The number of para-hydroxylation sites is 1. The summed E-state index contributed by atoms with van der Waals surface area (Å²) in [4.78, 5) is 15.9. The van der Waals surface area contributed by atoms with Crippen molar-refractivity contribution in [2.45, 2.75) is 13.3 Å². The third kappa shape index (κ3) is 4.21. The number of nitrogens with zero attached hydrogens (tertiary/aromatic N) is 1. The maximum Gasteiger partial charge on any atom is 0.320 e. The number of hydrogen-bond acceptors (Lipinski definition) is 3. The molecule has 0 bridgehead atoms. The van der Waals surface area contributed by atoms with E-state index in [1.165, 1.54) is 0 Å². The number of carbonyl (C=O) groups excluding carboxylic acids is 1. The van der Waals surface area contributed by atoms with Gasteiger partial charge in [0.05, 0.1) is 7.11 Å². The van der Waals surface area contributed by atoms with Crippen molar-refractivity contribution in [2.24, 2.45) is 0 Å². The molecule has 0 fully saturated rings. The highest BCUT2D eigenvalue weighted by Gasteiger charge is 2.06. The fraction of sp³-hybridized carbons (Fsp3) is 0.250. The Balaban J connectivity index is 1.83. The van der Waals surface area contributed by atoms with Crippen molar-refractivity contribution in [1.29, 1.82) is 0 Å². The molecule has 0 saturated carbocycles. The van der Waals surface area contributed by atoms with Gasteiger partial charge in [-0.25, -0.2) is 9.78 Å². The minimum Gasteiger partial charge on any atom is -0.496 e. The molecule has 110 valence electrons. The first kappa shape index (κ1) is 14.8. The van der Waals surface area contributed by atoms with Crippen molar-refractivity contribution in [3.05, 3.63) is 53.7 Å². The number of aryl methyl sites for hydroxylation is 1. The van der Waals surface area contributed by atoms with Crippen LogP contribution in [0.3, 0.4) is 0 Å². The molecule has 0 spiro atoms. The highest BCUT2D eigenvalue weighted by molar-refractivity contribution is 5.88. The lowest BCUT2D eigenvalue weighted by Gasteiger charge is -2.10. The van der Waals surface area contributed by atoms with Crippen molar-refractivity contribution in [3.8, 4) is 5.75 Å². The number of pyridine rings is 1. The molecule has 1 heterocycles. The zero-order valence-electron chi connectivity index (χ0n) is 12.2. The Morgan fingerprint density at radius 3 is 2.81 bits per heavy atom. The summed E-state index contributed by atoms with van der Waals surface area (Å²) in [6.07, 6.45) is 2.36. The summed E-state index contributed by atoms with van der Waals surface area (Å²) in [5.41, 5.74) is 1.99. The number of methoxy groups -OCH3 is 1. The lowest BCUT2D eigenvalue weighted by atomic mass is 10.1. The van der Waals surface area contributed by atoms with Crippen LogP contribution in [0.5, 0.6) is 5.75 Å². The average molecular weight is 285 g/mol. The van der Waals surface area contributed by atoms with Gasteiger partial charge >= 0.3 is 6.03 Å². The molecule has 1 aromatic carbocycles. The molecule has 0 saturated heterocycles. The Labute approximate surface area is 124 Å². The smallest absolute Gasteiger partial charge is 0.320 e. The van der Waals surface area contributed by atoms with Gasteiger partial charge < -0.3 is 10.1 Å². The van der Waals surface area contributed by atoms with E-state index in [0.717, 1.165) is 16.9 Å². The summed E-state index contributed by atoms with van der Waals surface area (Å²) in [5.74, 6) is 1.41. The Bertz CT molecular complexity index is 614. The predicted molar refractivity (Wildman–Crippen MR) is 82.7 cm³/mol. The second-order valence-corrected chi connectivity index (χ2v) is 4.61. The number of nitrogens with one attached hydrogen (secondary N) is 2. The molecule has 0 atom stereocenters. The van der Waals surface area contributed by atoms with Gasteiger partial charge in [0.15, 0.2) is 0 Å². The molecule has 2 N–H and O–H groups in total. The fourth-order valence-corrected chi connectivity index (χ4v) is 1.99. The van der Waals surface area contributed by atoms with Crippen molar-refractivity contribution >= 4 is 11.8 Å². The minimum absolute atomic E-state index is 0.258. The molecule has 0 aliphatic rings. The molecular formula is C16H19N3O2. The van der Waals surface area contributed by atoms with Gasteiger partial charge in [0, 0.05) is 12.7 Å². The molecule has 2 aromatic rings. The standard InChI is InChI=1S/C16H19N3O2/c1-12-6-5-10-17-15(12)19-16(20)18-11-9-13-7-3-4-8-14(13)21-2/h3-8,10H,9,11H2,1-2H3,(H2,17,18,19,20). The molecule has 2 rings (SSSR count). The highest BCUT2D eigenvalue weighted by Crippen LogP contribution is 2.17. The van der Waals surface area contributed by atoms with Gasteiger partial charge in [0.25, 0.3) is 0 Å². The van der Waals surface area contributed by atoms with Crippen molar-refractivity contribution in [3.63, 3.8) is 0 Å². The van der Waals surface area contributed by atoms with Gasteiger partial charge in [-0.05, 0) is 36.6 Å². The van der Waals surface area contributed by atoms with Crippen molar-refractivity contribution < 1.29 is 9.53 Å². The Morgan fingerprint density at radius 1 is 1.24 bits per heavy atom. The fourth-order valence-electron chi connectivity index (χ4n) is 1.99. The first-order valence-electron chi connectivity index (χ1n) is 6.79. The van der Waals surface area contributed by atoms with Crippen LogP contribution in [0, 0.1) is 6.92 Å². The molecule has 0 radical (unpaired) electrons. The van der Waals surface area contributed by atoms with Crippen molar-refractivity contribution in [1.82, 2.24) is 10.3 Å². The minimum atomic E-state index is -0.258. The number of ether oxygens (including phenoxy) is 1. The van der Waals surface area contributed by atoms with E-state index in [0.29, 0.717) is 18.8 Å². The summed E-state index contributed by atoms with van der Waals surface area (Å²) in [7, 11) is 1.64. The number of aromatic nitrogens is 1. The maximum atomic E-state index is 11.8. The predicted octanol–water partition coefficient (Wildman–Crippen LogP) is 2.76. The van der Waals surface area contributed by atoms with Crippen LogP contribution < -0.4 is 15.4 Å². The van der Waals surface area contributed by atoms with Crippen LogP contribution in [-0.2, 0) is 6.42 Å². The van der Waals surface area contributed by atoms with Gasteiger partial charge in [-0.2, -0.15) is 0 Å². The van der Waals surface area contributed by atoms with Crippen molar-refractivity contribution in [2.75, 3.05) is 19.0 Å². The number of amides is 2. The van der Waals surface area contributed by atoms with Gasteiger partial charge in [-0.1, -0.05) is 24.3 Å². The van der Waals surface area contributed by atoms with E-state index in [2.05, 4.69) is 15.6 Å². The van der Waals surface area contributed by atoms with E-state index in [4.69, 9.17) is 4.74 Å². The number of anilines is 1. The van der Waals surface area contributed by atoms with E-state index in [9.17, 15) is 4.79 Å². The van der Waals surface area contributed by atoms with E-state index in [-0.39, 0.29) is 6.03 Å². The number of hydrogen-bond donors (Lipinski definition) is 2. The van der Waals surface area contributed by atoms with Crippen LogP contribution in [-0.4, -0.2) is 24.7 Å². The average Bonchev–Trinajstić information content (AvgIpc) is 2.50. The number of urea groups is 1. The molecule has 2 amide bonds. The van der Waals surface area contributed by atoms with Crippen LogP contribution in [0.25, 0.3) is 0 Å². The van der Waals surface area contributed by atoms with Gasteiger partial charge in [-0.15, -0.1) is 0 Å². The SMILES string of the molecule is COc1ccccc1CCNC(=O)Nc1ncccc1C. The lowest BCUT2D eigenvalue weighted by molar-refractivity contribution is 0.252. The highest BCUT2D eigenvalue weighted by atomic mass is 16.5. The van der Waals surface area contributed by atoms with Crippen LogP contribution in [0.15, 0.2) is 42.6 Å². The largest absolute Gasteiger partial charge is 0.496 e. The van der Waals surface area contributed by atoms with Gasteiger partial charge in [0.2, 0.25) is 0 Å². The van der Waals surface area contributed by atoms with E-state index in [1.807, 2.05) is 43.3 Å². The van der Waals surface area contributed by atoms with Gasteiger partial charge in [0.1, 0.15) is 11.6 Å². The topological polar surface area (TPSA) is 63.2 Å². The third-order valence-electron chi connectivity index (χ3n) is 3.11. The molecule has 5 nitrogen and oxygen atoms in total. The quantitative estimate of drug-likeness (QED) is 0.888. The number of carbonyl (C=O) groups is 1. The maximum absolute atomic E-state index is 11.8. The zero-order valence-corrected chi connectivity index (χ0v) is 12.2. The molecule has 0 unspecified atom stereocenters. The summed E-state index contributed by atoms with van der Waals surface area (Å²) >= 11 is 0. The second-order valence-electron chi connectivity index (χ2n) is 4.61. The normalized spacial score (nSPS) is 10.0. The molecular weight excluding hydrogens is 266 g/mol. The zero-order chi connectivity index (χ0) is 15.1. The molecule has 21 heavy (non-hydrogen) atoms. The van der Waals surface area contributed by atoms with E-state index in [1.54, 1.807) is 13.3 Å². The Kier molecular flexibility index (Phi) is 5.15. The summed E-state index contributed by atoms with van der Waals surface area (Å²) in [5, 5.41) is 5.55. The second kappa shape index (κ2) is 7.28. The molecule has 0 aliphatic carbocycles. The van der Waals surface area contributed by atoms with Crippen LogP contribution in [0.4, 0.5) is 10.6 Å². The third-order valence-corrected chi connectivity index (χ3v) is 3.11. The van der Waals surface area contributed by atoms with E-state index < -0.39 is 0 Å². The van der Waals surface area contributed by atoms with Crippen LogP contribution in [0.1, 0.15) is 11.1 Å². The Morgan fingerprint density at radius 2 is 2.05 bits per heavy atom. The molecule has 0 aliphatic heterocycles. The number of rotatable bonds is 5. The van der Waals surface area contributed by atoms with E-state index >= 15 is 0 Å². The summed E-state index contributed by atoms with van der Waals surface area (Å²) in [6, 6.07) is 11.2. The van der Waals surface area contributed by atoms with Crippen LogP contribution in [0.2, 0.25) is 0 Å². The first-order valence-corrected chi connectivity index (χ1v) is 6.79. The van der Waals surface area contributed by atoms with Crippen LogP contribution >= 0.6 is 0 Å². The number of benzene rings is 1. The monoisotopic (exact) mass is 285 g/mol. The molecule has 5 heteroatoms. The molecule has 1 aromatic heterocycles. The van der Waals surface area contributed by atoms with Gasteiger partial charge in [-0.3, -0.25) is 5.32 Å². The summed E-state index contributed by atoms with van der Waals surface area (Å²) < 4.78 is 5.28. The summed E-state index contributed by atoms with van der Waals surface area (Å²) in [6.45, 7) is 2.43. The Hall–Kier alpha value is -2.56. The first-order chi connectivity index (χ1) is 10.2.